The molecular weight excluding hydrogens is 202 g/mol. The zero-order chi connectivity index (χ0) is 11.4. The molecule has 1 heterocycles. The van der Waals surface area contributed by atoms with Gasteiger partial charge in [-0.1, -0.05) is 25.3 Å². The van der Waals surface area contributed by atoms with Crippen LogP contribution in [0.15, 0.2) is 18.3 Å². The first-order valence-electron chi connectivity index (χ1n) is 5.78. The van der Waals surface area contributed by atoms with Crippen molar-refractivity contribution in [1.82, 2.24) is 4.98 Å². The summed E-state index contributed by atoms with van der Waals surface area (Å²) in [7, 11) is 1.59. The Morgan fingerprint density at radius 3 is 2.81 bits per heavy atom. The number of aromatic nitrogens is 1. The van der Waals surface area contributed by atoms with Crippen LogP contribution in [0.1, 0.15) is 31.2 Å². The van der Waals surface area contributed by atoms with Crippen LogP contribution in [0.3, 0.4) is 0 Å². The molecule has 1 fully saturated rings. The molecule has 16 heavy (non-hydrogen) atoms. The minimum absolute atomic E-state index is 0.330. The van der Waals surface area contributed by atoms with Gasteiger partial charge in [-0.3, -0.25) is 4.79 Å². The Bertz CT molecular complexity index is 355. The molecule has 0 radical (unpaired) electrons. The largest absolute Gasteiger partial charge is 0.481 e. The maximum Gasteiger partial charge on any atom is 0.212 e. The number of carbonyl (C=O) groups excluding carboxylic acids is 1. The summed E-state index contributed by atoms with van der Waals surface area (Å²) in [6, 6.07) is 3.70. The summed E-state index contributed by atoms with van der Waals surface area (Å²) in [5, 5.41) is 0. The number of hydrogen-bond donors (Lipinski definition) is 0. The normalized spacial score (nSPS) is 15.6. The van der Waals surface area contributed by atoms with Crippen LogP contribution in [0.2, 0.25) is 0 Å². The molecule has 0 aromatic carbocycles. The second kappa shape index (κ2) is 5.10. The predicted octanol–water partition coefficient (Wildman–Crippen LogP) is 2.39. The van der Waals surface area contributed by atoms with Gasteiger partial charge in [0.2, 0.25) is 5.88 Å². The van der Waals surface area contributed by atoms with Crippen molar-refractivity contribution < 1.29 is 9.53 Å². The number of ether oxygens (including phenoxy) is 1. The van der Waals surface area contributed by atoms with Crippen LogP contribution in [0, 0.1) is 5.92 Å². The highest BCUT2D eigenvalue weighted by atomic mass is 16.5. The molecule has 0 unspecified atom stereocenters. The van der Waals surface area contributed by atoms with Crippen LogP contribution in [0.5, 0.6) is 5.88 Å². The van der Waals surface area contributed by atoms with Crippen molar-refractivity contribution in [2.45, 2.75) is 32.1 Å². The lowest BCUT2D eigenvalue weighted by atomic mass is 9.81. The summed E-state index contributed by atoms with van der Waals surface area (Å²) in [4.78, 5) is 15.8. The fourth-order valence-corrected chi connectivity index (χ4v) is 1.95. The van der Waals surface area contributed by atoms with Crippen LogP contribution in [0.25, 0.3) is 0 Å². The number of pyridine rings is 1. The van der Waals surface area contributed by atoms with E-state index in [1.807, 2.05) is 6.07 Å². The van der Waals surface area contributed by atoms with E-state index in [1.54, 1.807) is 19.4 Å². The number of methoxy groups -OCH3 is 1. The quantitative estimate of drug-likeness (QED) is 0.763. The third-order valence-corrected chi connectivity index (χ3v) is 3.15. The van der Waals surface area contributed by atoms with E-state index in [0.717, 1.165) is 12.0 Å². The monoisotopic (exact) mass is 219 g/mol. The second-order valence-corrected chi connectivity index (χ2v) is 4.43. The molecule has 0 spiro atoms. The molecule has 0 N–H and O–H groups in total. The first-order chi connectivity index (χ1) is 7.78. The van der Waals surface area contributed by atoms with Gasteiger partial charge in [-0.05, 0) is 11.5 Å². The zero-order valence-electron chi connectivity index (χ0n) is 9.61. The summed E-state index contributed by atoms with van der Waals surface area (Å²) in [6.45, 7) is 0. The lowest BCUT2D eigenvalue weighted by Gasteiger charge is -2.24. The molecule has 1 aliphatic rings. The average Bonchev–Trinajstić information content (AvgIpc) is 2.25. The van der Waals surface area contributed by atoms with Gasteiger partial charge in [0.1, 0.15) is 5.78 Å². The van der Waals surface area contributed by atoms with Gasteiger partial charge in [-0.2, -0.15) is 0 Å². The Hall–Kier alpha value is -1.38. The minimum Gasteiger partial charge on any atom is -0.481 e. The van der Waals surface area contributed by atoms with E-state index in [4.69, 9.17) is 4.74 Å². The average molecular weight is 219 g/mol. The maximum atomic E-state index is 11.7. The molecule has 0 amide bonds. The summed E-state index contributed by atoms with van der Waals surface area (Å²) < 4.78 is 4.97. The van der Waals surface area contributed by atoms with Crippen LogP contribution >= 0.6 is 0 Å². The van der Waals surface area contributed by atoms with Gasteiger partial charge < -0.3 is 4.74 Å². The van der Waals surface area contributed by atoms with E-state index in [0.29, 0.717) is 24.0 Å². The first kappa shape index (κ1) is 11.1. The lowest BCUT2D eigenvalue weighted by molar-refractivity contribution is -0.119. The topological polar surface area (TPSA) is 39.2 Å². The van der Waals surface area contributed by atoms with Crippen molar-refractivity contribution in [3.05, 3.63) is 23.9 Å². The molecule has 2 rings (SSSR count). The molecule has 1 aromatic heterocycles. The first-order valence-corrected chi connectivity index (χ1v) is 5.78. The third-order valence-electron chi connectivity index (χ3n) is 3.15. The molecule has 0 bridgehead atoms. The van der Waals surface area contributed by atoms with Crippen molar-refractivity contribution in [2.24, 2.45) is 5.92 Å². The highest BCUT2D eigenvalue weighted by molar-refractivity contribution is 5.81. The molecular formula is C13H17NO2. The maximum absolute atomic E-state index is 11.7. The Kier molecular flexibility index (Phi) is 3.54. The fraction of sp³-hybridized carbons (Fsp3) is 0.538. The van der Waals surface area contributed by atoms with E-state index in [9.17, 15) is 4.79 Å². The molecule has 0 atom stereocenters. The summed E-state index contributed by atoms with van der Waals surface area (Å²) in [5.41, 5.74) is 0.977. The Morgan fingerprint density at radius 1 is 1.50 bits per heavy atom. The van der Waals surface area contributed by atoms with Gasteiger partial charge in [-0.15, -0.1) is 0 Å². The van der Waals surface area contributed by atoms with Crippen LogP contribution in [0.4, 0.5) is 0 Å². The van der Waals surface area contributed by atoms with E-state index in [1.165, 1.54) is 19.3 Å². The molecule has 3 nitrogen and oxygen atoms in total. The number of ketones is 1. The predicted molar refractivity (Wildman–Crippen MR) is 61.5 cm³/mol. The van der Waals surface area contributed by atoms with Gasteiger partial charge in [-0.25, -0.2) is 4.98 Å². The number of nitrogens with zero attached hydrogens (tertiary/aromatic N) is 1. The van der Waals surface area contributed by atoms with Gasteiger partial charge in [0.15, 0.2) is 0 Å². The fourth-order valence-electron chi connectivity index (χ4n) is 1.95. The molecule has 0 aliphatic heterocycles. The second-order valence-electron chi connectivity index (χ2n) is 4.43. The highest BCUT2D eigenvalue weighted by Gasteiger charge is 2.20. The molecule has 0 saturated heterocycles. The van der Waals surface area contributed by atoms with Gasteiger partial charge >= 0.3 is 0 Å². The van der Waals surface area contributed by atoms with E-state index in [2.05, 4.69) is 4.98 Å². The van der Waals surface area contributed by atoms with E-state index in [-0.39, 0.29) is 0 Å². The Labute approximate surface area is 95.8 Å². The highest BCUT2D eigenvalue weighted by Crippen LogP contribution is 2.29. The minimum atomic E-state index is 0.330. The van der Waals surface area contributed by atoms with Crippen molar-refractivity contribution in [3.8, 4) is 5.88 Å². The lowest BCUT2D eigenvalue weighted by Crippen LogP contribution is -2.17. The van der Waals surface area contributed by atoms with Crippen molar-refractivity contribution in [1.29, 1.82) is 0 Å². The Balaban J connectivity index is 1.84. The number of carbonyl (C=O) groups is 1. The number of rotatable bonds is 5. The van der Waals surface area contributed by atoms with Crippen molar-refractivity contribution >= 4 is 5.78 Å². The molecule has 1 aromatic rings. The van der Waals surface area contributed by atoms with Gasteiger partial charge in [0, 0.05) is 25.1 Å². The standard InChI is InChI=1S/C13H17NO2/c1-16-13-6-5-11(9-14-13)8-12(15)7-10-3-2-4-10/h5-6,9-10H,2-4,7-8H2,1H3. The van der Waals surface area contributed by atoms with Crippen LogP contribution in [-0.4, -0.2) is 17.9 Å². The molecule has 1 aliphatic carbocycles. The summed E-state index contributed by atoms with van der Waals surface area (Å²) in [5.74, 6) is 1.57. The number of Topliss-reactive ketones (excluding diaryl/α,β-unsaturated/α-hetero) is 1. The van der Waals surface area contributed by atoms with Crippen LogP contribution in [-0.2, 0) is 11.2 Å². The third kappa shape index (κ3) is 2.81. The zero-order valence-corrected chi connectivity index (χ0v) is 9.61. The van der Waals surface area contributed by atoms with Gasteiger partial charge in [0.05, 0.1) is 7.11 Å². The smallest absolute Gasteiger partial charge is 0.212 e. The summed E-state index contributed by atoms with van der Waals surface area (Å²) >= 11 is 0. The van der Waals surface area contributed by atoms with Crippen LogP contribution < -0.4 is 4.74 Å². The van der Waals surface area contributed by atoms with E-state index >= 15 is 0 Å². The van der Waals surface area contributed by atoms with Crippen molar-refractivity contribution in [2.75, 3.05) is 7.11 Å². The molecule has 86 valence electrons. The number of hydrogen-bond acceptors (Lipinski definition) is 3. The van der Waals surface area contributed by atoms with Crippen molar-refractivity contribution in [3.63, 3.8) is 0 Å². The van der Waals surface area contributed by atoms with E-state index < -0.39 is 0 Å². The SMILES string of the molecule is COc1ccc(CC(=O)CC2CCC2)cn1. The van der Waals surface area contributed by atoms with Gasteiger partial charge in [0.25, 0.3) is 0 Å². The Morgan fingerprint density at radius 2 is 2.31 bits per heavy atom. The summed E-state index contributed by atoms with van der Waals surface area (Å²) in [6.07, 6.45) is 6.72. The molecule has 1 saturated carbocycles. The molecule has 3 heteroatoms.